The molecule has 0 aliphatic heterocycles. The Kier molecular flexibility index (Phi) is 3.82. The molecule has 4 heteroatoms. The number of aryl methyl sites for hydroxylation is 1. The Morgan fingerprint density at radius 1 is 1.32 bits per heavy atom. The summed E-state index contributed by atoms with van der Waals surface area (Å²) in [4.78, 5) is 11.3. The van der Waals surface area contributed by atoms with Gasteiger partial charge in [-0.25, -0.2) is 4.79 Å². The molecule has 3 N–H and O–H groups in total. The molecule has 1 aromatic rings. The highest BCUT2D eigenvalue weighted by Gasteiger charge is 2.51. The number of hydrogen-bond acceptors (Lipinski definition) is 2. The maximum atomic E-state index is 11.3. The van der Waals surface area contributed by atoms with Crippen LogP contribution in [0.15, 0.2) is 24.3 Å². The van der Waals surface area contributed by atoms with Gasteiger partial charge < -0.3 is 15.8 Å². The molecular weight excluding hydrogens is 312 g/mol. The van der Waals surface area contributed by atoms with Crippen LogP contribution in [0.4, 0.5) is 10.5 Å². The molecule has 25 heavy (non-hydrogen) atoms. The van der Waals surface area contributed by atoms with Gasteiger partial charge >= 0.3 is 6.03 Å². The van der Waals surface area contributed by atoms with E-state index in [1.54, 1.807) is 7.11 Å². The summed E-state index contributed by atoms with van der Waals surface area (Å²) in [6.45, 7) is 6.83. The van der Waals surface area contributed by atoms with E-state index >= 15 is 0 Å². The highest BCUT2D eigenvalue weighted by molar-refractivity contribution is 5.90. The standard InChI is InChI=1S/C21H28N2O2/c1-12-4-7-17-15-6-5-13-10-18(23-20(22)24)19(25-3)11-16(13)14(15)8-9-21(12,17)2/h10-11,14-15,17H,1,4-9H2,2-3H3,(H3,22,23,24). The minimum atomic E-state index is -0.551. The lowest BCUT2D eigenvalue weighted by Crippen LogP contribution is -2.40. The molecule has 3 aliphatic carbocycles. The van der Waals surface area contributed by atoms with Crippen molar-refractivity contribution in [2.24, 2.45) is 23.0 Å². The van der Waals surface area contributed by atoms with Crippen LogP contribution in [0.25, 0.3) is 0 Å². The van der Waals surface area contributed by atoms with Crippen molar-refractivity contribution >= 4 is 11.7 Å². The largest absolute Gasteiger partial charge is 0.495 e. The molecule has 4 unspecified atom stereocenters. The van der Waals surface area contributed by atoms with E-state index in [4.69, 9.17) is 10.5 Å². The Bertz CT molecular complexity index is 742. The van der Waals surface area contributed by atoms with Crippen molar-refractivity contribution in [2.75, 3.05) is 12.4 Å². The number of nitrogens with one attached hydrogen (secondary N) is 1. The maximum absolute atomic E-state index is 11.3. The Hall–Kier alpha value is -1.97. The second-order valence-corrected chi connectivity index (χ2v) is 8.25. The number of methoxy groups -OCH3 is 1. The molecule has 4 rings (SSSR count). The van der Waals surface area contributed by atoms with Crippen LogP contribution in [-0.4, -0.2) is 13.1 Å². The summed E-state index contributed by atoms with van der Waals surface area (Å²) in [6.07, 6.45) is 7.24. The van der Waals surface area contributed by atoms with Crippen molar-refractivity contribution in [1.29, 1.82) is 0 Å². The summed E-state index contributed by atoms with van der Waals surface area (Å²) in [5.74, 6) is 2.82. The van der Waals surface area contributed by atoms with E-state index in [1.165, 1.54) is 48.8 Å². The molecule has 4 atom stereocenters. The normalized spacial score (nSPS) is 33.2. The molecule has 0 aromatic heterocycles. The number of hydrogen-bond donors (Lipinski definition) is 2. The predicted octanol–water partition coefficient (Wildman–Crippen LogP) is 4.60. The first-order valence-corrected chi connectivity index (χ1v) is 9.39. The third-order valence-electron chi connectivity index (χ3n) is 7.26. The third kappa shape index (κ3) is 2.45. The fraction of sp³-hybridized carbons (Fsp3) is 0.571. The van der Waals surface area contributed by atoms with E-state index in [2.05, 4.69) is 31.0 Å². The zero-order chi connectivity index (χ0) is 17.8. The average molecular weight is 340 g/mol. The zero-order valence-corrected chi connectivity index (χ0v) is 15.2. The van der Waals surface area contributed by atoms with E-state index in [-0.39, 0.29) is 0 Å². The Labute approximate surface area is 149 Å². The van der Waals surface area contributed by atoms with Crippen LogP contribution in [0.1, 0.15) is 56.1 Å². The van der Waals surface area contributed by atoms with Crippen molar-refractivity contribution in [1.82, 2.24) is 0 Å². The molecule has 0 heterocycles. The Morgan fingerprint density at radius 3 is 2.84 bits per heavy atom. The lowest BCUT2D eigenvalue weighted by molar-refractivity contribution is 0.0816. The van der Waals surface area contributed by atoms with Gasteiger partial charge in [0.1, 0.15) is 5.75 Å². The smallest absolute Gasteiger partial charge is 0.316 e. The number of benzene rings is 1. The lowest BCUT2D eigenvalue weighted by atomic mass is 9.55. The van der Waals surface area contributed by atoms with E-state index in [9.17, 15) is 4.79 Å². The SMILES string of the molecule is C=C1CCC2C3CCc4cc(NC(N)=O)c(OC)cc4C3CCC12C. The van der Waals surface area contributed by atoms with Crippen molar-refractivity contribution in [3.8, 4) is 5.75 Å². The highest BCUT2D eigenvalue weighted by atomic mass is 16.5. The van der Waals surface area contributed by atoms with Gasteiger partial charge in [-0.05, 0) is 85.0 Å². The number of ether oxygens (including phenoxy) is 1. The molecule has 0 spiro atoms. The molecule has 0 bridgehead atoms. The number of primary amides is 1. The van der Waals surface area contributed by atoms with Crippen molar-refractivity contribution < 1.29 is 9.53 Å². The number of urea groups is 1. The molecule has 3 aliphatic rings. The maximum Gasteiger partial charge on any atom is 0.316 e. The van der Waals surface area contributed by atoms with Crippen molar-refractivity contribution in [3.63, 3.8) is 0 Å². The fourth-order valence-corrected chi connectivity index (χ4v) is 5.91. The lowest BCUT2D eigenvalue weighted by Gasteiger charge is -2.49. The highest BCUT2D eigenvalue weighted by Crippen LogP contribution is 2.62. The molecule has 0 saturated heterocycles. The molecule has 2 amide bonds. The molecule has 4 nitrogen and oxygen atoms in total. The Balaban J connectivity index is 1.71. The number of carbonyl (C=O) groups is 1. The predicted molar refractivity (Wildman–Crippen MR) is 100.0 cm³/mol. The Morgan fingerprint density at radius 2 is 2.12 bits per heavy atom. The van der Waals surface area contributed by atoms with E-state index in [0.29, 0.717) is 22.8 Å². The van der Waals surface area contributed by atoms with Crippen LogP contribution in [0.2, 0.25) is 0 Å². The summed E-state index contributed by atoms with van der Waals surface area (Å²) in [6, 6.07) is 3.66. The van der Waals surface area contributed by atoms with Crippen LogP contribution in [0.3, 0.4) is 0 Å². The van der Waals surface area contributed by atoms with E-state index in [0.717, 1.165) is 18.3 Å². The monoisotopic (exact) mass is 340 g/mol. The first-order chi connectivity index (χ1) is 11.9. The first kappa shape index (κ1) is 16.5. The fourth-order valence-electron chi connectivity index (χ4n) is 5.91. The van der Waals surface area contributed by atoms with Crippen LogP contribution < -0.4 is 15.8 Å². The van der Waals surface area contributed by atoms with Gasteiger partial charge in [-0.2, -0.15) is 0 Å². The summed E-state index contributed by atoms with van der Waals surface area (Å²) in [7, 11) is 1.65. The summed E-state index contributed by atoms with van der Waals surface area (Å²) in [5.41, 5.74) is 10.6. The number of fused-ring (bicyclic) bond motifs is 5. The molecule has 2 saturated carbocycles. The topological polar surface area (TPSA) is 64.3 Å². The minimum Gasteiger partial charge on any atom is -0.495 e. The van der Waals surface area contributed by atoms with Gasteiger partial charge in [-0.3, -0.25) is 0 Å². The number of anilines is 1. The summed E-state index contributed by atoms with van der Waals surface area (Å²) in [5, 5.41) is 2.70. The summed E-state index contributed by atoms with van der Waals surface area (Å²) >= 11 is 0. The summed E-state index contributed by atoms with van der Waals surface area (Å²) < 4.78 is 5.53. The van der Waals surface area contributed by atoms with Gasteiger partial charge in [0.25, 0.3) is 0 Å². The van der Waals surface area contributed by atoms with Crippen molar-refractivity contribution in [2.45, 2.75) is 51.4 Å². The number of nitrogens with two attached hydrogens (primary N) is 1. The van der Waals surface area contributed by atoms with E-state index < -0.39 is 6.03 Å². The van der Waals surface area contributed by atoms with Gasteiger partial charge in [-0.15, -0.1) is 0 Å². The van der Waals surface area contributed by atoms with E-state index in [1.807, 2.05) is 0 Å². The second-order valence-electron chi connectivity index (χ2n) is 8.25. The number of amides is 2. The van der Waals surface area contributed by atoms with Crippen LogP contribution >= 0.6 is 0 Å². The van der Waals surface area contributed by atoms with Gasteiger partial charge in [0.2, 0.25) is 0 Å². The number of rotatable bonds is 2. The molecule has 2 fully saturated rings. The second kappa shape index (κ2) is 5.79. The molecular formula is C21H28N2O2. The molecule has 1 aromatic carbocycles. The quantitative estimate of drug-likeness (QED) is 0.773. The molecule has 134 valence electrons. The van der Waals surface area contributed by atoms with Gasteiger partial charge in [0.15, 0.2) is 0 Å². The number of allylic oxidation sites excluding steroid dienone is 1. The third-order valence-corrected chi connectivity index (χ3v) is 7.26. The minimum absolute atomic E-state index is 0.343. The van der Waals surface area contributed by atoms with Gasteiger partial charge in [-0.1, -0.05) is 19.1 Å². The average Bonchev–Trinajstić information content (AvgIpc) is 2.89. The van der Waals surface area contributed by atoms with Crippen LogP contribution in [0, 0.1) is 17.3 Å². The van der Waals surface area contributed by atoms with Crippen molar-refractivity contribution in [3.05, 3.63) is 35.4 Å². The van der Waals surface area contributed by atoms with Gasteiger partial charge in [0, 0.05) is 0 Å². The molecule has 0 radical (unpaired) electrons. The zero-order valence-electron chi connectivity index (χ0n) is 15.2. The van der Waals surface area contributed by atoms with Crippen LogP contribution in [-0.2, 0) is 6.42 Å². The van der Waals surface area contributed by atoms with Gasteiger partial charge in [0.05, 0.1) is 12.8 Å². The number of carbonyl (C=O) groups excluding carboxylic acids is 1. The first-order valence-electron chi connectivity index (χ1n) is 9.39. The van der Waals surface area contributed by atoms with Crippen LogP contribution in [0.5, 0.6) is 5.75 Å².